The molecule has 1 aromatic carbocycles. The highest BCUT2D eigenvalue weighted by atomic mass is 79.9. The summed E-state index contributed by atoms with van der Waals surface area (Å²) in [7, 11) is 0. The normalized spacial score (nSPS) is 12.3. The topological polar surface area (TPSA) is 66.3 Å². The van der Waals surface area contributed by atoms with Crippen LogP contribution in [0.5, 0.6) is 0 Å². The van der Waals surface area contributed by atoms with Crippen LogP contribution in [0.25, 0.3) is 0 Å². The summed E-state index contributed by atoms with van der Waals surface area (Å²) in [6, 6.07) is 12.2. The number of nitrogens with one attached hydrogen (secondary N) is 3. The Morgan fingerprint density at radius 3 is 2.33 bits per heavy atom. The minimum Gasteiger partial charge on any atom is -0.444 e. The highest BCUT2D eigenvalue weighted by Crippen LogP contribution is 2.29. The average Bonchev–Trinajstić information content (AvgIpc) is 2.93. The third kappa shape index (κ3) is 5.82. The first-order valence-corrected chi connectivity index (χ1v) is 8.84. The Hall–Kier alpha value is -0.990. The Balaban J connectivity index is 2.03. The highest BCUT2D eigenvalue weighted by Gasteiger charge is 2.35. The number of hydrogen-bond acceptors (Lipinski definition) is 3. The lowest BCUT2D eigenvalue weighted by atomic mass is 10.3. The lowest BCUT2D eigenvalue weighted by Gasteiger charge is -2.27. The summed E-state index contributed by atoms with van der Waals surface area (Å²) in [6.07, 6.45) is -1.08. The summed E-state index contributed by atoms with van der Waals surface area (Å²) in [6.45, 7) is 0. The van der Waals surface area contributed by atoms with Gasteiger partial charge in [-0.05, 0) is 52.4 Å². The molecule has 0 spiro atoms. The number of carbonyl (C=O) groups is 1. The van der Waals surface area contributed by atoms with E-state index >= 15 is 0 Å². The Labute approximate surface area is 167 Å². The highest BCUT2D eigenvalue weighted by molar-refractivity contribution is 9.10. The van der Waals surface area contributed by atoms with Gasteiger partial charge in [0.15, 0.2) is 15.5 Å². The van der Waals surface area contributed by atoms with Crippen molar-refractivity contribution < 1.29 is 9.21 Å². The van der Waals surface area contributed by atoms with Crippen LogP contribution in [-0.4, -0.2) is 21.0 Å². The van der Waals surface area contributed by atoms with Gasteiger partial charge in [-0.3, -0.25) is 4.79 Å². The fourth-order valence-electron chi connectivity index (χ4n) is 1.66. The van der Waals surface area contributed by atoms with Gasteiger partial charge in [0, 0.05) is 5.69 Å². The zero-order valence-corrected chi connectivity index (χ0v) is 16.5. The van der Waals surface area contributed by atoms with E-state index in [1.807, 2.05) is 30.3 Å². The molecule has 0 radical (unpaired) electrons. The van der Waals surface area contributed by atoms with Gasteiger partial charge in [0.25, 0.3) is 5.91 Å². The van der Waals surface area contributed by atoms with Crippen molar-refractivity contribution in [2.75, 3.05) is 5.32 Å². The van der Waals surface area contributed by atoms with E-state index in [0.29, 0.717) is 4.67 Å². The number of para-hydroxylation sites is 1. The van der Waals surface area contributed by atoms with Crippen molar-refractivity contribution in [1.29, 1.82) is 0 Å². The van der Waals surface area contributed by atoms with E-state index in [1.54, 1.807) is 6.07 Å². The van der Waals surface area contributed by atoms with Crippen LogP contribution < -0.4 is 16.0 Å². The van der Waals surface area contributed by atoms with Crippen LogP contribution in [0.3, 0.4) is 0 Å². The molecule has 2 aromatic rings. The van der Waals surface area contributed by atoms with Crippen molar-refractivity contribution in [2.45, 2.75) is 9.96 Å². The lowest BCUT2D eigenvalue weighted by molar-refractivity contribution is 0.0905. The lowest BCUT2D eigenvalue weighted by Crippen LogP contribution is -2.56. The second kappa shape index (κ2) is 8.40. The second-order valence-corrected chi connectivity index (χ2v) is 8.08. The molecule has 1 heterocycles. The van der Waals surface area contributed by atoms with E-state index in [-0.39, 0.29) is 10.9 Å². The molecule has 0 bridgehead atoms. The Morgan fingerprint density at radius 1 is 1.12 bits per heavy atom. The van der Waals surface area contributed by atoms with E-state index in [4.69, 9.17) is 51.4 Å². The van der Waals surface area contributed by atoms with Crippen LogP contribution in [0.4, 0.5) is 5.69 Å². The SMILES string of the molecule is O=C(N[C@@H](NC(=S)Nc1ccccc1)C(Cl)(Cl)Cl)c1ccc(Br)o1. The number of carbonyl (C=O) groups excluding carboxylic acids is 1. The number of alkyl halides is 3. The zero-order chi connectivity index (χ0) is 17.7. The molecule has 3 N–H and O–H groups in total. The van der Waals surface area contributed by atoms with Gasteiger partial charge in [0.1, 0.15) is 6.17 Å². The summed E-state index contributed by atoms with van der Waals surface area (Å²) in [4.78, 5) is 12.1. The summed E-state index contributed by atoms with van der Waals surface area (Å²) >= 11 is 26.0. The average molecular weight is 472 g/mol. The number of furan rings is 1. The first kappa shape index (κ1) is 19.3. The molecular weight excluding hydrogens is 461 g/mol. The van der Waals surface area contributed by atoms with E-state index in [2.05, 4.69) is 31.9 Å². The fraction of sp³-hybridized carbons (Fsp3) is 0.143. The molecule has 0 saturated carbocycles. The van der Waals surface area contributed by atoms with Gasteiger partial charge in [-0.15, -0.1) is 0 Å². The van der Waals surface area contributed by atoms with Crippen LogP contribution >= 0.6 is 63.0 Å². The Bertz CT molecular complexity index is 722. The minimum absolute atomic E-state index is 0.0601. The molecular formula is C14H11BrCl3N3O2S. The summed E-state index contributed by atoms with van der Waals surface area (Å²) < 4.78 is 3.72. The Morgan fingerprint density at radius 2 is 1.79 bits per heavy atom. The number of rotatable bonds is 4. The van der Waals surface area contributed by atoms with Crippen molar-refractivity contribution in [2.24, 2.45) is 0 Å². The Kier molecular flexibility index (Phi) is 6.77. The van der Waals surface area contributed by atoms with Gasteiger partial charge in [0.05, 0.1) is 0 Å². The van der Waals surface area contributed by atoms with Crippen LogP contribution in [0, 0.1) is 0 Å². The molecule has 128 valence electrons. The van der Waals surface area contributed by atoms with E-state index in [0.717, 1.165) is 5.69 Å². The van der Waals surface area contributed by atoms with Gasteiger partial charge < -0.3 is 20.4 Å². The quantitative estimate of drug-likeness (QED) is 0.349. The molecule has 1 amide bonds. The largest absolute Gasteiger partial charge is 0.444 e. The van der Waals surface area contributed by atoms with Crippen molar-refractivity contribution in [3.05, 3.63) is 52.9 Å². The monoisotopic (exact) mass is 469 g/mol. The maximum atomic E-state index is 12.1. The van der Waals surface area contributed by atoms with Gasteiger partial charge >= 0.3 is 0 Å². The summed E-state index contributed by atoms with van der Waals surface area (Å²) in [5.74, 6) is -0.503. The van der Waals surface area contributed by atoms with Gasteiger partial charge in [-0.25, -0.2) is 0 Å². The van der Waals surface area contributed by atoms with Crippen LogP contribution in [0.1, 0.15) is 10.6 Å². The van der Waals surface area contributed by atoms with Crippen molar-refractivity contribution >= 4 is 79.7 Å². The van der Waals surface area contributed by atoms with Gasteiger partial charge in [-0.2, -0.15) is 0 Å². The maximum absolute atomic E-state index is 12.1. The van der Waals surface area contributed by atoms with E-state index in [9.17, 15) is 4.79 Å². The number of amides is 1. The van der Waals surface area contributed by atoms with Crippen molar-refractivity contribution in [3.63, 3.8) is 0 Å². The number of hydrogen-bond donors (Lipinski definition) is 3. The fourth-order valence-corrected chi connectivity index (χ4v) is 2.53. The predicted molar refractivity (Wildman–Crippen MR) is 104 cm³/mol. The molecule has 0 aliphatic heterocycles. The predicted octanol–water partition coefficient (Wildman–Crippen LogP) is 4.45. The molecule has 0 saturated heterocycles. The minimum atomic E-state index is -1.85. The summed E-state index contributed by atoms with van der Waals surface area (Å²) in [5, 5.41) is 8.37. The third-order valence-corrected chi connectivity index (χ3v) is 4.01. The van der Waals surface area contributed by atoms with E-state index in [1.165, 1.54) is 6.07 Å². The smallest absolute Gasteiger partial charge is 0.288 e. The molecule has 0 aliphatic carbocycles. The molecule has 0 fully saturated rings. The standard InChI is InChI=1S/C14H11BrCl3N3O2S/c15-10-7-6-9(23-10)11(22)20-12(14(16,17)18)21-13(24)19-8-4-2-1-3-5-8/h1-7,12H,(H,20,22)(H2,19,21,24)/t12-/m0/s1. The van der Waals surface area contributed by atoms with Crippen LogP contribution in [0.15, 0.2) is 51.6 Å². The number of halogens is 4. The molecule has 24 heavy (non-hydrogen) atoms. The third-order valence-electron chi connectivity index (χ3n) is 2.71. The molecule has 2 rings (SSSR count). The zero-order valence-electron chi connectivity index (χ0n) is 11.9. The molecule has 10 heteroatoms. The first-order valence-electron chi connectivity index (χ1n) is 6.51. The molecule has 0 unspecified atom stereocenters. The van der Waals surface area contributed by atoms with Crippen molar-refractivity contribution in [1.82, 2.24) is 10.6 Å². The molecule has 1 aromatic heterocycles. The van der Waals surface area contributed by atoms with Gasteiger partial charge in [-0.1, -0.05) is 53.0 Å². The molecule has 0 aliphatic rings. The second-order valence-electron chi connectivity index (χ2n) is 4.52. The number of thiocarbonyl (C=S) groups is 1. The maximum Gasteiger partial charge on any atom is 0.288 e. The van der Waals surface area contributed by atoms with Crippen LogP contribution in [-0.2, 0) is 0 Å². The van der Waals surface area contributed by atoms with E-state index < -0.39 is 15.9 Å². The number of benzene rings is 1. The first-order chi connectivity index (χ1) is 11.3. The molecule has 1 atom stereocenters. The van der Waals surface area contributed by atoms with Crippen LogP contribution in [0.2, 0.25) is 0 Å². The van der Waals surface area contributed by atoms with Crippen molar-refractivity contribution in [3.8, 4) is 0 Å². The summed E-state index contributed by atoms with van der Waals surface area (Å²) in [5.41, 5.74) is 0.749. The van der Waals surface area contributed by atoms with Gasteiger partial charge in [0.2, 0.25) is 3.79 Å². The number of anilines is 1. The molecule has 5 nitrogen and oxygen atoms in total.